The minimum Gasteiger partial charge on any atom is -0.353 e. The fourth-order valence-electron chi connectivity index (χ4n) is 6.17. The summed E-state index contributed by atoms with van der Waals surface area (Å²) in [5.41, 5.74) is 5.64. The van der Waals surface area contributed by atoms with Gasteiger partial charge >= 0.3 is 8.72 Å². The summed E-state index contributed by atoms with van der Waals surface area (Å²) in [5.74, 6) is 0. The van der Waals surface area contributed by atoms with Crippen LogP contribution in [0.4, 0.5) is 0 Å². The maximum absolute atomic E-state index is 2.78. The van der Waals surface area contributed by atoms with Gasteiger partial charge in [0.1, 0.15) is 0 Å². The van der Waals surface area contributed by atoms with E-state index in [2.05, 4.69) is 119 Å². The fraction of sp³-hybridized carbons (Fsp3) is 0.385. The summed E-state index contributed by atoms with van der Waals surface area (Å²) >= 11 is 0. The van der Waals surface area contributed by atoms with Crippen LogP contribution >= 0.6 is 0 Å². The molecule has 5 heteroatoms. The van der Waals surface area contributed by atoms with E-state index in [4.69, 9.17) is 0 Å². The first kappa shape index (κ1) is 20.6. The highest BCUT2D eigenvalue weighted by molar-refractivity contribution is 6.70. The Morgan fingerprint density at radius 2 is 1.03 bits per heavy atom. The lowest BCUT2D eigenvalue weighted by Crippen LogP contribution is -2.77. The number of rotatable bonds is 6. The average molecular weight is 431 g/mol. The van der Waals surface area contributed by atoms with Gasteiger partial charge in [0.25, 0.3) is 0 Å². The molecule has 1 saturated heterocycles. The molecule has 2 atom stereocenters. The van der Waals surface area contributed by atoms with E-state index in [-0.39, 0.29) is 0 Å². The second-order valence-corrected chi connectivity index (χ2v) is 12.0. The van der Waals surface area contributed by atoms with Gasteiger partial charge in [-0.3, -0.25) is 9.13 Å². The molecule has 2 aromatic rings. The zero-order valence-corrected chi connectivity index (χ0v) is 20.2. The molecule has 2 unspecified atom stereocenters. The average Bonchev–Trinajstić information content (AvgIpc) is 3.13. The van der Waals surface area contributed by atoms with Gasteiger partial charge in [-0.1, -0.05) is 76.2 Å². The molecule has 0 amide bonds. The van der Waals surface area contributed by atoms with Crippen LogP contribution in [-0.4, -0.2) is 53.2 Å². The first-order chi connectivity index (χ1) is 15.2. The third kappa shape index (κ3) is 2.73. The molecular weight excluding hydrogens is 396 g/mol. The zero-order valence-electron chi connectivity index (χ0n) is 19.2. The summed E-state index contributed by atoms with van der Waals surface area (Å²) < 4.78 is 11.1. The van der Waals surface area contributed by atoms with E-state index in [1.165, 1.54) is 22.3 Å². The molecule has 5 rings (SSSR count). The van der Waals surface area contributed by atoms with E-state index >= 15 is 0 Å². The molecule has 3 heterocycles. The minimum absolute atomic E-state index is 0.320. The molecule has 162 valence electrons. The van der Waals surface area contributed by atoms with E-state index in [0.29, 0.717) is 12.1 Å². The van der Waals surface area contributed by atoms with Gasteiger partial charge in [0.15, 0.2) is 0 Å². The summed E-state index contributed by atoms with van der Waals surface area (Å²) in [4.78, 5) is 0. The quantitative estimate of drug-likeness (QED) is 0.586. The number of hydrogen-bond donors (Lipinski definition) is 0. The van der Waals surface area contributed by atoms with E-state index in [1.807, 2.05) is 0 Å². The van der Waals surface area contributed by atoms with Crippen molar-refractivity contribution in [2.75, 3.05) is 26.2 Å². The zero-order chi connectivity index (χ0) is 21.6. The third-order valence-electron chi connectivity index (χ3n) is 7.43. The first-order valence-electron chi connectivity index (χ1n) is 11.8. The van der Waals surface area contributed by atoms with Crippen LogP contribution in [-0.2, 0) is 0 Å². The summed E-state index contributed by atoms with van der Waals surface area (Å²) in [6, 6.07) is 18.6. The van der Waals surface area contributed by atoms with Crippen molar-refractivity contribution in [1.82, 2.24) is 18.3 Å². The Morgan fingerprint density at radius 3 is 1.42 bits per heavy atom. The van der Waals surface area contributed by atoms with Crippen LogP contribution in [0.25, 0.3) is 12.2 Å². The highest BCUT2D eigenvalue weighted by atomic mass is 28.4. The van der Waals surface area contributed by atoms with Crippen LogP contribution < -0.4 is 0 Å². The maximum atomic E-state index is 2.78. The largest absolute Gasteiger partial charge is 0.439 e. The van der Waals surface area contributed by atoms with Crippen LogP contribution in [0.5, 0.6) is 0 Å². The molecule has 2 aromatic carbocycles. The van der Waals surface area contributed by atoms with Crippen molar-refractivity contribution < 1.29 is 0 Å². The van der Waals surface area contributed by atoms with Crippen LogP contribution in [0.2, 0.25) is 0 Å². The lowest BCUT2D eigenvalue weighted by atomic mass is 9.86. The van der Waals surface area contributed by atoms with Crippen LogP contribution in [0.15, 0.2) is 60.9 Å². The Bertz CT molecular complexity index is 926. The van der Waals surface area contributed by atoms with Crippen molar-refractivity contribution in [1.29, 1.82) is 0 Å². The summed E-state index contributed by atoms with van der Waals surface area (Å²) in [7, 11) is -2.39. The van der Waals surface area contributed by atoms with Crippen molar-refractivity contribution in [2.24, 2.45) is 0 Å². The molecule has 0 bridgehead atoms. The van der Waals surface area contributed by atoms with E-state index < -0.39 is 8.72 Å². The van der Waals surface area contributed by atoms with Gasteiger partial charge < -0.3 is 9.13 Å². The molecule has 3 aliphatic rings. The molecular formula is C26H34N4Si. The Balaban J connectivity index is 1.81. The van der Waals surface area contributed by atoms with Gasteiger partial charge in [-0.2, -0.15) is 0 Å². The minimum atomic E-state index is -2.39. The van der Waals surface area contributed by atoms with Gasteiger partial charge in [0.2, 0.25) is 0 Å². The van der Waals surface area contributed by atoms with Crippen LogP contribution in [0.1, 0.15) is 62.0 Å². The molecule has 1 fully saturated rings. The number of hydrogen-bond acceptors (Lipinski definition) is 4. The highest BCUT2D eigenvalue weighted by Gasteiger charge is 2.66. The summed E-state index contributed by atoms with van der Waals surface area (Å²) in [5, 5.41) is 0. The smallest absolute Gasteiger partial charge is 0.353 e. The number of fused-ring (bicyclic) bond motifs is 7. The molecule has 0 radical (unpaired) electrons. The number of nitrogens with zero attached hydrogens (tertiary/aromatic N) is 4. The Morgan fingerprint density at radius 1 is 0.645 bits per heavy atom. The first-order valence-corrected chi connectivity index (χ1v) is 13.6. The SMILES string of the molecule is CCN(CC)[Si]1(N(CC)CC)N2C=Cc3ccccc3C2C2c3ccccc3C=CN21. The van der Waals surface area contributed by atoms with Crippen LogP contribution in [0, 0.1) is 0 Å². The molecule has 31 heavy (non-hydrogen) atoms. The highest BCUT2D eigenvalue weighted by Crippen LogP contribution is 2.56. The molecule has 0 saturated carbocycles. The lowest BCUT2D eigenvalue weighted by molar-refractivity contribution is 0.261. The normalized spacial score (nSPS) is 22.5. The molecule has 0 aliphatic carbocycles. The fourth-order valence-corrected chi connectivity index (χ4v) is 11.7. The van der Waals surface area contributed by atoms with Gasteiger partial charge in [-0.05, 0) is 73.0 Å². The Kier molecular flexibility index (Phi) is 5.28. The Labute approximate surface area is 188 Å². The molecule has 0 N–H and O–H groups in total. The number of benzene rings is 2. The summed E-state index contributed by atoms with van der Waals surface area (Å²) in [6.45, 7) is 13.5. The van der Waals surface area contributed by atoms with Crippen molar-refractivity contribution in [2.45, 2.75) is 39.8 Å². The molecule has 0 aromatic heterocycles. The maximum Gasteiger partial charge on any atom is 0.439 e. The van der Waals surface area contributed by atoms with Gasteiger partial charge in [-0.15, -0.1) is 0 Å². The van der Waals surface area contributed by atoms with Gasteiger partial charge in [0.05, 0.1) is 12.1 Å². The van der Waals surface area contributed by atoms with Gasteiger partial charge in [-0.25, -0.2) is 0 Å². The van der Waals surface area contributed by atoms with E-state index in [1.54, 1.807) is 0 Å². The van der Waals surface area contributed by atoms with Crippen molar-refractivity contribution in [3.63, 3.8) is 0 Å². The molecule has 0 spiro atoms. The predicted octanol–water partition coefficient (Wildman–Crippen LogP) is 5.17. The standard InChI is InChI=1S/C26H34N4Si/c1-5-27(6-2)31(28(7-3)8-4)29-19-17-21-13-9-11-15-23(21)25(29)26-24-16-12-10-14-22(24)18-20-30(26)31/h9-20,25-26H,5-8H2,1-4H3. The van der Waals surface area contributed by atoms with E-state index in [0.717, 1.165) is 26.2 Å². The molecule has 3 aliphatic heterocycles. The monoisotopic (exact) mass is 430 g/mol. The van der Waals surface area contributed by atoms with E-state index in [9.17, 15) is 0 Å². The van der Waals surface area contributed by atoms with Gasteiger partial charge in [0, 0.05) is 0 Å². The third-order valence-corrected chi connectivity index (χ3v) is 12.6. The topological polar surface area (TPSA) is 13.0 Å². The summed E-state index contributed by atoms with van der Waals surface area (Å²) in [6.07, 6.45) is 9.53. The van der Waals surface area contributed by atoms with Crippen molar-refractivity contribution in [3.05, 3.63) is 83.2 Å². The second-order valence-electron chi connectivity index (χ2n) is 8.54. The van der Waals surface area contributed by atoms with Crippen LogP contribution in [0.3, 0.4) is 0 Å². The predicted molar refractivity (Wildman–Crippen MR) is 132 cm³/mol. The molecule has 4 nitrogen and oxygen atoms in total. The lowest BCUT2D eigenvalue weighted by Gasteiger charge is -2.53. The second kappa shape index (κ2) is 7.97. The van der Waals surface area contributed by atoms with Crippen molar-refractivity contribution in [3.8, 4) is 0 Å². The Hall–Kier alpha value is -2.34. The van der Waals surface area contributed by atoms with Crippen molar-refractivity contribution >= 4 is 20.9 Å².